The van der Waals surface area contributed by atoms with E-state index in [0.29, 0.717) is 38.4 Å². The maximum absolute atomic E-state index is 12.3. The van der Waals surface area contributed by atoms with Crippen LogP contribution in [0.1, 0.15) is 258 Å². The molecule has 0 rings (SSSR count). The molecule has 1 atom stereocenters. The molecule has 54 heavy (non-hydrogen) atoms. The number of rotatable bonds is 46. The number of amides is 1. The standard InChI is InChI=1S/C48H95NO5/c1-4-7-9-11-13-15-17-19-21-23-25-27-29-31-33-38-42-52-44-47(45-54-48(51)49-41-37-35-36-40-46(50)6-3)53-43-39-34-32-30-28-26-24-22-20-18-16-14-12-10-8-5-2/h47H,4-45H2,1-3H3,(H,49,51)/t47-/m1/s1. The number of unbranched alkanes of at least 4 members (excludes halogenated alkanes) is 32. The van der Waals surface area contributed by atoms with Gasteiger partial charge in [0.05, 0.1) is 6.61 Å². The first-order valence-corrected chi connectivity index (χ1v) is 24.3. The van der Waals surface area contributed by atoms with E-state index in [-0.39, 0.29) is 12.7 Å². The van der Waals surface area contributed by atoms with Crippen molar-refractivity contribution in [3.63, 3.8) is 0 Å². The van der Waals surface area contributed by atoms with Gasteiger partial charge in [-0.25, -0.2) is 4.79 Å². The lowest BCUT2D eigenvalue weighted by molar-refractivity contribution is -0.118. The molecule has 0 heterocycles. The number of ether oxygens (including phenoxy) is 3. The predicted molar refractivity (Wildman–Crippen MR) is 233 cm³/mol. The van der Waals surface area contributed by atoms with Crippen molar-refractivity contribution in [3.05, 3.63) is 0 Å². The van der Waals surface area contributed by atoms with E-state index in [0.717, 1.165) is 38.7 Å². The molecule has 0 aromatic rings. The zero-order valence-electron chi connectivity index (χ0n) is 36.8. The second-order valence-electron chi connectivity index (χ2n) is 16.4. The average Bonchev–Trinajstić information content (AvgIpc) is 3.18. The van der Waals surface area contributed by atoms with E-state index in [2.05, 4.69) is 19.2 Å². The van der Waals surface area contributed by atoms with Gasteiger partial charge in [-0.05, 0) is 25.7 Å². The number of nitrogens with one attached hydrogen (secondary N) is 1. The molecule has 0 aromatic carbocycles. The summed E-state index contributed by atoms with van der Waals surface area (Å²) < 4.78 is 17.7. The van der Waals surface area contributed by atoms with E-state index in [1.54, 1.807) is 0 Å². The van der Waals surface area contributed by atoms with E-state index >= 15 is 0 Å². The topological polar surface area (TPSA) is 73.9 Å². The van der Waals surface area contributed by atoms with Gasteiger partial charge in [-0.1, -0.05) is 220 Å². The maximum atomic E-state index is 12.3. The Morgan fingerprint density at radius 2 is 0.796 bits per heavy atom. The average molecular weight is 766 g/mol. The third-order valence-corrected chi connectivity index (χ3v) is 11.0. The Hall–Kier alpha value is -1.14. The van der Waals surface area contributed by atoms with Gasteiger partial charge in [-0.15, -0.1) is 0 Å². The summed E-state index contributed by atoms with van der Waals surface area (Å²) in [6, 6.07) is 0. The summed E-state index contributed by atoms with van der Waals surface area (Å²) in [7, 11) is 0. The molecule has 0 bridgehead atoms. The highest BCUT2D eigenvalue weighted by molar-refractivity contribution is 5.77. The van der Waals surface area contributed by atoms with Crippen LogP contribution in [0, 0.1) is 0 Å². The van der Waals surface area contributed by atoms with Crippen LogP contribution >= 0.6 is 0 Å². The maximum Gasteiger partial charge on any atom is 0.407 e. The van der Waals surface area contributed by atoms with Crippen molar-refractivity contribution < 1.29 is 23.8 Å². The quantitative estimate of drug-likeness (QED) is 0.0625. The molecule has 0 aliphatic carbocycles. The van der Waals surface area contributed by atoms with Crippen molar-refractivity contribution in [1.82, 2.24) is 5.32 Å². The highest BCUT2D eigenvalue weighted by atomic mass is 16.6. The second-order valence-corrected chi connectivity index (χ2v) is 16.4. The van der Waals surface area contributed by atoms with Crippen LogP contribution in [0.2, 0.25) is 0 Å². The Morgan fingerprint density at radius 3 is 1.20 bits per heavy atom. The fourth-order valence-electron chi connectivity index (χ4n) is 7.22. The Balaban J connectivity index is 4.01. The van der Waals surface area contributed by atoms with Gasteiger partial charge in [0, 0.05) is 32.6 Å². The zero-order chi connectivity index (χ0) is 39.3. The fourth-order valence-corrected chi connectivity index (χ4v) is 7.22. The Bertz CT molecular complexity index is 747. The number of carbonyl (C=O) groups excluding carboxylic acids is 2. The number of alkyl carbamates (subject to hydrolysis) is 1. The summed E-state index contributed by atoms with van der Waals surface area (Å²) in [5.74, 6) is 0.310. The van der Waals surface area contributed by atoms with Gasteiger partial charge in [0.25, 0.3) is 0 Å². The van der Waals surface area contributed by atoms with Gasteiger partial charge in [0.15, 0.2) is 0 Å². The molecule has 1 amide bonds. The number of hydrogen-bond donors (Lipinski definition) is 1. The molecule has 0 aliphatic rings. The fraction of sp³-hybridized carbons (Fsp3) is 0.958. The molecule has 0 unspecified atom stereocenters. The van der Waals surface area contributed by atoms with E-state index < -0.39 is 6.09 Å². The molecule has 0 aliphatic heterocycles. The van der Waals surface area contributed by atoms with Gasteiger partial charge in [-0.3, -0.25) is 4.79 Å². The molecule has 6 nitrogen and oxygen atoms in total. The highest BCUT2D eigenvalue weighted by Crippen LogP contribution is 2.16. The van der Waals surface area contributed by atoms with E-state index in [1.807, 2.05) is 6.92 Å². The normalized spacial score (nSPS) is 12.0. The first-order chi connectivity index (χ1) is 26.6. The first kappa shape index (κ1) is 52.9. The minimum atomic E-state index is -0.395. The van der Waals surface area contributed by atoms with Crippen molar-refractivity contribution in [3.8, 4) is 0 Å². The second kappa shape index (κ2) is 46.2. The van der Waals surface area contributed by atoms with Crippen LogP contribution in [0.3, 0.4) is 0 Å². The predicted octanol–water partition coefficient (Wildman–Crippen LogP) is 15.2. The summed E-state index contributed by atoms with van der Waals surface area (Å²) in [6.07, 6.45) is 46.8. The summed E-state index contributed by atoms with van der Waals surface area (Å²) in [5, 5.41) is 2.85. The molecule has 0 saturated carbocycles. The van der Waals surface area contributed by atoms with Crippen LogP contribution in [-0.2, 0) is 19.0 Å². The summed E-state index contributed by atoms with van der Waals surface area (Å²) >= 11 is 0. The molecule has 0 saturated heterocycles. The molecule has 0 fully saturated rings. The molecule has 0 spiro atoms. The number of ketones is 1. The van der Waals surface area contributed by atoms with Crippen molar-refractivity contribution in [2.45, 2.75) is 264 Å². The molecular weight excluding hydrogens is 671 g/mol. The third-order valence-electron chi connectivity index (χ3n) is 11.0. The molecule has 1 N–H and O–H groups in total. The van der Waals surface area contributed by atoms with Gasteiger partial charge in [0.1, 0.15) is 18.5 Å². The number of carbonyl (C=O) groups is 2. The van der Waals surface area contributed by atoms with Crippen LogP contribution in [0.25, 0.3) is 0 Å². The number of Topliss-reactive ketones (excluding diaryl/α,β-unsaturated/α-hetero) is 1. The van der Waals surface area contributed by atoms with Crippen molar-refractivity contribution in [1.29, 1.82) is 0 Å². The van der Waals surface area contributed by atoms with Crippen LogP contribution in [0.15, 0.2) is 0 Å². The van der Waals surface area contributed by atoms with Gasteiger partial charge < -0.3 is 19.5 Å². The van der Waals surface area contributed by atoms with Crippen molar-refractivity contribution in [2.75, 3.05) is 33.0 Å². The Labute approximate surface area is 337 Å². The van der Waals surface area contributed by atoms with Crippen molar-refractivity contribution in [2.24, 2.45) is 0 Å². The van der Waals surface area contributed by atoms with E-state index in [1.165, 1.54) is 193 Å². The number of hydrogen-bond acceptors (Lipinski definition) is 5. The van der Waals surface area contributed by atoms with Crippen LogP contribution < -0.4 is 5.32 Å². The molecule has 6 heteroatoms. The Morgan fingerprint density at radius 1 is 0.426 bits per heavy atom. The van der Waals surface area contributed by atoms with Crippen LogP contribution in [0.5, 0.6) is 0 Å². The van der Waals surface area contributed by atoms with Gasteiger partial charge >= 0.3 is 6.09 Å². The summed E-state index contributed by atoms with van der Waals surface area (Å²) in [5.41, 5.74) is 0. The molecule has 0 aromatic heterocycles. The monoisotopic (exact) mass is 766 g/mol. The summed E-state index contributed by atoms with van der Waals surface area (Å²) in [6.45, 7) is 9.17. The lowest BCUT2D eigenvalue weighted by Gasteiger charge is -2.18. The molecule has 322 valence electrons. The third kappa shape index (κ3) is 43.6. The van der Waals surface area contributed by atoms with E-state index in [4.69, 9.17) is 14.2 Å². The SMILES string of the molecule is CCCCCCCCCCCCCCCCCCOC[C@H](COC(=O)NCCCCCC(=O)CC)OCCCCCCCCCCCCCCCCCC. The smallest absolute Gasteiger partial charge is 0.407 e. The van der Waals surface area contributed by atoms with Gasteiger partial charge in [0.2, 0.25) is 0 Å². The molecule has 0 radical (unpaired) electrons. The van der Waals surface area contributed by atoms with Crippen LogP contribution in [0.4, 0.5) is 4.79 Å². The van der Waals surface area contributed by atoms with Crippen LogP contribution in [-0.4, -0.2) is 51.0 Å². The minimum Gasteiger partial charge on any atom is -0.447 e. The van der Waals surface area contributed by atoms with Gasteiger partial charge in [-0.2, -0.15) is 0 Å². The van der Waals surface area contributed by atoms with Crippen molar-refractivity contribution >= 4 is 11.9 Å². The largest absolute Gasteiger partial charge is 0.447 e. The lowest BCUT2D eigenvalue weighted by atomic mass is 10.0. The first-order valence-electron chi connectivity index (χ1n) is 24.3. The highest BCUT2D eigenvalue weighted by Gasteiger charge is 2.13. The Kier molecular flexibility index (Phi) is 45.3. The molecular formula is C48H95NO5. The zero-order valence-corrected chi connectivity index (χ0v) is 36.8. The lowest BCUT2D eigenvalue weighted by Crippen LogP contribution is -2.32. The summed E-state index contributed by atoms with van der Waals surface area (Å²) in [4.78, 5) is 23.8. The van der Waals surface area contributed by atoms with E-state index in [9.17, 15) is 9.59 Å². The minimum absolute atomic E-state index is 0.217.